The van der Waals surface area contributed by atoms with Gasteiger partial charge in [-0.15, -0.1) is 0 Å². The topological polar surface area (TPSA) is 78.5 Å². The summed E-state index contributed by atoms with van der Waals surface area (Å²) in [6, 6.07) is 20.6. The van der Waals surface area contributed by atoms with E-state index >= 15 is 0 Å². The van der Waals surface area contributed by atoms with Crippen LogP contribution in [0.3, 0.4) is 0 Å². The monoisotopic (exact) mass is 417 g/mol. The lowest BCUT2D eigenvalue weighted by Crippen LogP contribution is -2.12. The van der Waals surface area contributed by atoms with Crippen molar-refractivity contribution >= 4 is 11.7 Å². The van der Waals surface area contributed by atoms with Crippen LogP contribution in [0.5, 0.6) is 11.5 Å². The number of carbonyl (C=O) groups is 1. The van der Waals surface area contributed by atoms with Gasteiger partial charge in [-0.3, -0.25) is 9.48 Å². The molecular formula is C24H23N3O4. The number of benzene rings is 2. The molecule has 1 N–H and O–H groups in total. The van der Waals surface area contributed by atoms with Crippen molar-refractivity contribution in [3.05, 3.63) is 95.6 Å². The highest BCUT2D eigenvalue weighted by Gasteiger charge is 2.14. The largest absolute Gasteiger partial charge is 0.493 e. The Labute approximate surface area is 180 Å². The van der Waals surface area contributed by atoms with E-state index < -0.39 is 0 Å². The number of carbonyl (C=O) groups excluding carboxylic acids is 1. The number of nitrogens with one attached hydrogen (secondary N) is 1. The standard InChI is InChI=1S/C24H23N3O4/c1-17-7-3-4-8-18(17)15-27-14-13-23(26-27)25-24(28)22-12-11-19(31-22)16-30-21-10-6-5-9-20(21)29-2/h3-14H,15-16H2,1-2H3,(H,25,26,28). The number of aromatic nitrogens is 2. The Morgan fingerprint density at radius 1 is 1.03 bits per heavy atom. The number of nitrogens with zero attached hydrogens (tertiary/aromatic N) is 2. The van der Waals surface area contributed by atoms with Crippen LogP contribution in [-0.4, -0.2) is 22.8 Å². The second kappa shape index (κ2) is 9.21. The zero-order valence-corrected chi connectivity index (χ0v) is 17.4. The lowest BCUT2D eigenvalue weighted by Gasteiger charge is -2.08. The molecule has 4 aromatic rings. The van der Waals surface area contributed by atoms with E-state index in [0.717, 1.165) is 0 Å². The van der Waals surface area contributed by atoms with Gasteiger partial charge in [0.15, 0.2) is 23.1 Å². The van der Waals surface area contributed by atoms with E-state index in [1.54, 1.807) is 30.0 Å². The van der Waals surface area contributed by atoms with Crippen LogP contribution >= 0.6 is 0 Å². The molecule has 2 aromatic carbocycles. The van der Waals surface area contributed by atoms with Crippen molar-refractivity contribution in [3.63, 3.8) is 0 Å². The van der Waals surface area contributed by atoms with Gasteiger partial charge >= 0.3 is 0 Å². The number of methoxy groups -OCH3 is 1. The molecule has 0 radical (unpaired) electrons. The minimum absolute atomic E-state index is 0.179. The molecule has 4 rings (SSSR count). The fourth-order valence-corrected chi connectivity index (χ4v) is 3.12. The van der Waals surface area contributed by atoms with Crippen molar-refractivity contribution in [1.29, 1.82) is 0 Å². The van der Waals surface area contributed by atoms with Crippen molar-refractivity contribution in [1.82, 2.24) is 9.78 Å². The molecule has 0 saturated heterocycles. The summed E-state index contributed by atoms with van der Waals surface area (Å²) >= 11 is 0. The van der Waals surface area contributed by atoms with Crippen LogP contribution in [0, 0.1) is 6.92 Å². The molecule has 1 amide bonds. The van der Waals surface area contributed by atoms with Gasteiger partial charge in [-0.25, -0.2) is 0 Å². The highest BCUT2D eigenvalue weighted by atomic mass is 16.5. The molecule has 0 atom stereocenters. The van der Waals surface area contributed by atoms with Crippen LogP contribution in [0.1, 0.15) is 27.4 Å². The summed E-state index contributed by atoms with van der Waals surface area (Å²) < 4.78 is 18.4. The third kappa shape index (κ3) is 4.95. The number of hydrogen-bond acceptors (Lipinski definition) is 5. The molecule has 0 bridgehead atoms. The third-order valence-corrected chi connectivity index (χ3v) is 4.80. The van der Waals surface area contributed by atoms with E-state index in [1.165, 1.54) is 11.1 Å². The summed E-state index contributed by atoms with van der Waals surface area (Å²) in [6.45, 7) is 2.88. The number of amides is 1. The first-order valence-electron chi connectivity index (χ1n) is 9.86. The van der Waals surface area contributed by atoms with Gasteiger partial charge in [0.05, 0.1) is 13.7 Å². The highest BCUT2D eigenvalue weighted by molar-refractivity contribution is 6.01. The highest BCUT2D eigenvalue weighted by Crippen LogP contribution is 2.27. The summed E-state index contributed by atoms with van der Waals surface area (Å²) in [5.41, 5.74) is 2.37. The van der Waals surface area contributed by atoms with E-state index in [0.29, 0.717) is 29.6 Å². The van der Waals surface area contributed by atoms with Crippen LogP contribution in [-0.2, 0) is 13.2 Å². The molecule has 0 saturated carbocycles. The Hall–Kier alpha value is -4.00. The first kappa shape index (κ1) is 20.3. The molecular weight excluding hydrogens is 394 g/mol. The maximum atomic E-state index is 12.5. The normalized spacial score (nSPS) is 10.6. The van der Waals surface area contributed by atoms with E-state index in [4.69, 9.17) is 13.9 Å². The van der Waals surface area contributed by atoms with Gasteiger partial charge in [0.1, 0.15) is 12.4 Å². The summed E-state index contributed by atoms with van der Waals surface area (Å²) in [5.74, 6) is 2.04. The Kier molecular flexibility index (Phi) is 6.03. The molecule has 7 heteroatoms. The van der Waals surface area contributed by atoms with Gasteiger partial charge in [-0.2, -0.15) is 5.10 Å². The van der Waals surface area contributed by atoms with Gasteiger partial charge in [-0.05, 0) is 42.3 Å². The van der Waals surface area contributed by atoms with Crippen LogP contribution in [0.2, 0.25) is 0 Å². The number of aryl methyl sites for hydroxylation is 1. The van der Waals surface area contributed by atoms with Gasteiger partial charge in [0.25, 0.3) is 5.91 Å². The molecule has 0 aliphatic rings. The van der Waals surface area contributed by atoms with Crippen molar-refractivity contribution in [3.8, 4) is 11.5 Å². The number of para-hydroxylation sites is 2. The minimum Gasteiger partial charge on any atom is -0.493 e. The first-order chi connectivity index (χ1) is 15.1. The molecule has 0 aliphatic carbocycles. The molecule has 158 valence electrons. The number of rotatable bonds is 8. The fourth-order valence-electron chi connectivity index (χ4n) is 3.12. The number of anilines is 1. The minimum atomic E-state index is -0.371. The molecule has 7 nitrogen and oxygen atoms in total. The van der Waals surface area contributed by atoms with E-state index in [2.05, 4.69) is 29.5 Å². The zero-order chi connectivity index (χ0) is 21.6. The van der Waals surface area contributed by atoms with Gasteiger partial charge in [0, 0.05) is 12.3 Å². The van der Waals surface area contributed by atoms with Crippen molar-refractivity contribution in [2.75, 3.05) is 12.4 Å². The lowest BCUT2D eigenvalue weighted by molar-refractivity contribution is 0.0992. The first-order valence-corrected chi connectivity index (χ1v) is 9.86. The van der Waals surface area contributed by atoms with E-state index in [-0.39, 0.29) is 18.3 Å². The van der Waals surface area contributed by atoms with Crippen LogP contribution in [0.15, 0.2) is 77.3 Å². The van der Waals surface area contributed by atoms with E-state index in [1.807, 2.05) is 42.6 Å². The number of ether oxygens (including phenoxy) is 2. The van der Waals surface area contributed by atoms with Crippen LogP contribution in [0.25, 0.3) is 0 Å². The molecule has 2 aromatic heterocycles. The predicted molar refractivity (Wildman–Crippen MR) is 116 cm³/mol. The second-order valence-electron chi connectivity index (χ2n) is 6.98. The second-order valence-corrected chi connectivity index (χ2v) is 6.98. The summed E-state index contributed by atoms with van der Waals surface area (Å²) in [5, 5.41) is 7.18. The Balaban J connectivity index is 1.35. The maximum Gasteiger partial charge on any atom is 0.292 e. The maximum absolute atomic E-state index is 12.5. The summed E-state index contributed by atoms with van der Waals surface area (Å²) in [4.78, 5) is 12.5. The van der Waals surface area contributed by atoms with Gasteiger partial charge in [-0.1, -0.05) is 36.4 Å². The third-order valence-electron chi connectivity index (χ3n) is 4.80. The average Bonchev–Trinajstić information content (AvgIpc) is 3.44. The number of hydrogen-bond donors (Lipinski definition) is 1. The summed E-state index contributed by atoms with van der Waals surface area (Å²) in [6.07, 6.45) is 1.83. The predicted octanol–water partition coefficient (Wildman–Crippen LogP) is 4.67. The molecule has 0 aliphatic heterocycles. The molecule has 31 heavy (non-hydrogen) atoms. The van der Waals surface area contributed by atoms with E-state index in [9.17, 15) is 4.79 Å². The Morgan fingerprint density at radius 2 is 1.81 bits per heavy atom. The average molecular weight is 417 g/mol. The molecule has 0 spiro atoms. The van der Waals surface area contributed by atoms with Crippen LogP contribution < -0.4 is 14.8 Å². The number of furan rings is 1. The SMILES string of the molecule is COc1ccccc1OCc1ccc(C(=O)Nc2ccn(Cc3ccccc3C)n2)o1. The quantitative estimate of drug-likeness (QED) is 0.451. The molecule has 0 unspecified atom stereocenters. The Bertz CT molecular complexity index is 1180. The van der Waals surface area contributed by atoms with Gasteiger partial charge in [0.2, 0.25) is 0 Å². The lowest BCUT2D eigenvalue weighted by atomic mass is 10.1. The molecule has 0 fully saturated rings. The smallest absolute Gasteiger partial charge is 0.292 e. The Morgan fingerprint density at radius 3 is 2.61 bits per heavy atom. The molecule has 2 heterocycles. The fraction of sp³-hybridized carbons (Fsp3) is 0.167. The van der Waals surface area contributed by atoms with Crippen LogP contribution in [0.4, 0.5) is 5.82 Å². The van der Waals surface area contributed by atoms with Crippen molar-refractivity contribution in [2.45, 2.75) is 20.1 Å². The van der Waals surface area contributed by atoms with Crippen molar-refractivity contribution in [2.24, 2.45) is 0 Å². The van der Waals surface area contributed by atoms with Crippen molar-refractivity contribution < 1.29 is 18.7 Å². The van der Waals surface area contributed by atoms with Gasteiger partial charge < -0.3 is 19.2 Å². The summed E-state index contributed by atoms with van der Waals surface area (Å²) in [7, 11) is 1.58. The zero-order valence-electron chi connectivity index (χ0n) is 17.4.